The van der Waals surface area contributed by atoms with Crippen LogP contribution in [0.4, 0.5) is 16.2 Å². The second-order valence-electron chi connectivity index (χ2n) is 7.80. The fourth-order valence-electron chi connectivity index (χ4n) is 3.66. The summed E-state index contributed by atoms with van der Waals surface area (Å²) in [7, 11) is 1.42. The van der Waals surface area contributed by atoms with Crippen molar-refractivity contribution in [2.45, 2.75) is 26.3 Å². The number of benzene rings is 2. The van der Waals surface area contributed by atoms with Crippen molar-refractivity contribution >= 4 is 23.4 Å². The number of carbonyl (C=O) groups excluding carboxylic acids is 2. The van der Waals surface area contributed by atoms with Gasteiger partial charge in [-0.2, -0.15) is 0 Å². The normalized spacial score (nSPS) is 15.3. The van der Waals surface area contributed by atoms with E-state index in [0.717, 1.165) is 49.5 Å². The van der Waals surface area contributed by atoms with E-state index in [-0.39, 0.29) is 18.0 Å². The third-order valence-electron chi connectivity index (χ3n) is 5.68. The van der Waals surface area contributed by atoms with E-state index in [2.05, 4.69) is 51.6 Å². The van der Waals surface area contributed by atoms with Gasteiger partial charge in [0.25, 0.3) is 0 Å². The molecule has 2 N–H and O–H groups in total. The van der Waals surface area contributed by atoms with Crippen LogP contribution in [0.25, 0.3) is 0 Å². The molecule has 1 saturated heterocycles. The standard InChI is InChI=1S/C24H32N4O3/c1-4-19-5-7-20(8-6-19)18(2)25-24(30)26-21-9-11-22(12-10-21)28-15-13-27(14-16-28)17-23(29)31-3/h5-12,18H,4,13-17H2,1-3H3,(H2,25,26,30). The predicted molar refractivity (Wildman–Crippen MR) is 124 cm³/mol. The summed E-state index contributed by atoms with van der Waals surface area (Å²) < 4.78 is 4.73. The Hall–Kier alpha value is -3.06. The van der Waals surface area contributed by atoms with E-state index in [1.807, 2.05) is 31.2 Å². The lowest BCUT2D eigenvalue weighted by Crippen LogP contribution is -2.48. The monoisotopic (exact) mass is 424 g/mol. The second-order valence-corrected chi connectivity index (χ2v) is 7.80. The number of carbonyl (C=O) groups is 2. The molecule has 1 aliphatic heterocycles. The number of methoxy groups -OCH3 is 1. The summed E-state index contributed by atoms with van der Waals surface area (Å²) in [4.78, 5) is 28.2. The van der Waals surface area contributed by atoms with Crippen LogP contribution < -0.4 is 15.5 Å². The van der Waals surface area contributed by atoms with E-state index in [9.17, 15) is 9.59 Å². The number of aryl methyl sites for hydroxylation is 1. The fourth-order valence-corrected chi connectivity index (χ4v) is 3.66. The highest BCUT2D eigenvalue weighted by Crippen LogP contribution is 2.20. The molecule has 0 saturated carbocycles. The molecule has 1 aliphatic rings. The number of rotatable bonds is 7. The zero-order chi connectivity index (χ0) is 22.2. The number of nitrogens with one attached hydrogen (secondary N) is 2. The Morgan fingerprint density at radius 2 is 1.65 bits per heavy atom. The number of urea groups is 1. The van der Waals surface area contributed by atoms with E-state index in [0.29, 0.717) is 6.54 Å². The van der Waals surface area contributed by atoms with Gasteiger partial charge in [-0.3, -0.25) is 9.69 Å². The Balaban J connectivity index is 1.47. The van der Waals surface area contributed by atoms with Crippen LogP contribution in [0, 0.1) is 0 Å². The topological polar surface area (TPSA) is 73.9 Å². The summed E-state index contributed by atoms with van der Waals surface area (Å²) in [5, 5.41) is 5.88. The van der Waals surface area contributed by atoms with Crippen molar-refractivity contribution in [1.82, 2.24) is 10.2 Å². The van der Waals surface area contributed by atoms with Gasteiger partial charge >= 0.3 is 12.0 Å². The molecule has 0 spiro atoms. The Morgan fingerprint density at radius 3 is 2.23 bits per heavy atom. The number of hydrogen-bond donors (Lipinski definition) is 2. The van der Waals surface area contributed by atoms with Gasteiger partial charge in [0.05, 0.1) is 19.7 Å². The summed E-state index contributed by atoms with van der Waals surface area (Å²) in [6.45, 7) is 7.76. The van der Waals surface area contributed by atoms with E-state index < -0.39 is 0 Å². The lowest BCUT2D eigenvalue weighted by atomic mass is 10.1. The second kappa shape index (κ2) is 10.8. The summed E-state index contributed by atoms with van der Waals surface area (Å²) in [5.41, 5.74) is 4.21. The number of amides is 2. The fraction of sp³-hybridized carbons (Fsp3) is 0.417. The quantitative estimate of drug-likeness (QED) is 0.666. The molecule has 0 radical (unpaired) electrons. The van der Waals surface area contributed by atoms with E-state index in [4.69, 9.17) is 4.74 Å². The van der Waals surface area contributed by atoms with Gasteiger partial charge in [-0.05, 0) is 48.7 Å². The maximum absolute atomic E-state index is 12.4. The molecule has 0 bridgehead atoms. The first-order valence-corrected chi connectivity index (χ1v) is 10.8. The molecule has 166 valence electrons. The first-order chi connectivity index (χ1) is 15.0. The van der Waals surface area contributed by atoms with E-state index >= 15 is 0 Å². The van der Waals surface area contributed by atoms with Crippen molar-refractivity contribution < 1.29 is 14.3 Å². The zero-order valence-corrected chi connectivity index (χ0v) is 18.6. The van der Waals surface area contributed by atoms with Gasteiger partial charge in [0.15, 0.2) is 0 Å². The molecule has 7 heteroatoms. The van der Waals surface area contributed by atoms with Gasteiger partial charge in [-0.1, -0.05) is 31.2 Å². The molecule has 2 aromatic rings. The van der Waals surface area contributed by atoms with Crippen LogP contribution in [0.15, 0.2) is 48.5 Å². The lowest BCUT2D eigenvalue weighted by molar-refractivity contribution is -0.142. The smallest absolute Gasteiger partial charge is 0.319 e. The Kier molecular flexibility index (Phi) is 7.89. The molecule has 2 amide bonds. The number of piperazine rings is 1. The number of ether oxygens (including phenoxy) is 1. The maximum Gasteiger partial charge on any atom is 0.319 e. The van der Waals surface area contributed by atoms with Gasteiger partial charge in [-0.25, -0.2) is 4.79 Å². The lowest BCUT2D eigenvalue weighted by Gasteiger charge is -2.35. The minimum Gasteiger partial charge on any atom is -0.468 e. The average molecular weight is 425 g/mol. The molecule has 31 heavy (non-hydrogen) atoms. The van der Waals surface area contributed by atoms with Gasteiger partial charge in [0.2, 0.25) is 0 Å². The molecular weight excluding hydrogens is 392 g/mol. The van der Waals surface area contributed by atoms with Crippen LogP contribution in [0.5, 0.6) is 0 Å². The number of esters is 1. The largest absolute Gasteiger partial charge is 0.468 e. The van der Waals surface area contributed by atoms with Crippen molar-refractivity contribution in [3.05, 3.63) is 59.7 Å². The number of nitrogens with zero attached hydrogens (tertiary/aromatic N) is 2. The molecule has 3 rings (SSSR count). The maximum atomic E-state index is 12.4. The number of hydrogen-bond acceptors (Lipinski definition) is 5. The Morgan fingerprint density at radius 1 is 1.00 bits per heavy atom. The molecular formula is C24H32N4O3. The molecule has 1 heterocycles. The highest BCUT2D eigenvalue weighted by Gasteiger charge is 2.19. The highest BCUT2D eigenvalue weighted by atomic mass is 16.5. The molecule has 0 aliphatic carbocycles. The third kappa shape index (κ3) is 6.46. The van der Waals surface area contributed by atoms with Gasteiger partial charge in [0.1, 0.15) is 0 Å². The summed E-state index contributed by atoms with van der Waals surface area (Å²) in [6, 6.07) is 15.9. The Labute approximate surface area is 184 Å². The molecule has 1 atom stereocenters. The van der Waals surface area contributed by atoms with E-state index in [1.54, 1.807) is 0 Å². The molecule has 0 aromatic heterocycles. The minimum atomic E-state index is -0.226. The van der Waals surface area contributed by atoms with Crippen LogP contribution >= 0.6 is 0 Å². The predicted octanol–water partition coefficient (Wildman–Crippen LogP) is 3.43. The average Bonchev–Trinajstić information content (AvgIpc) is 2.80. The van der Waals surface area contributed by atoms with Crippen LogP contribution in [0.1, 0.15) is 31.0 Å². The zero-order valence-electron chi connectivity index (χ0n) is 18.6. The molecule has 7 nitrogen and oxygen atoms in total. The van der Waals surface area contributed by atoms with Crippen molar-refractivity contribution in [3.63, 3.8) is 0 Å². The first-order valence-electron chi connectivity index (χ1n) is 10.8. The molecule has 1 fully saturated rings. The van der Waals surface area contributed by atoms with Crippen LogP contribution in [0.3, 0.4) is 0 Å². The molecule has 1 unspecified atom stereocenters. The summed E-state index contributed by atoms with van der Waals surface area (Å²) >= 11 is 0. The molecule has 2 aromatic carbocycles. The van der Waals surface area contributed by atoms with E-state index in [1.165, 1.54) is 12.7 Å². The van der Waals surface area contributed by atoms with Crippen molar-refractivity contribution in [1.29, 1.82) is 0 Å². The first kappa shape index (κ1) is 22.6. The minimum absolute atomic E-state index is 0.0773. The van der Waals surface area contributed by atoms with Crippen LogP contribution in [-0.4, -0.2) is 56.7 Å². The van der Waals surface area contributed by atoms with Gasteiger partial charge in [0, 0.05) is 37.6 Å². The summed E-state index contributed by atoms with van der Waals surface area (Å²) in [5.74, 6) is -0.200. The van der Waals surface area contributed by atoms with Gasteiger partial charge in [-0.15, -0.1) is 0 Å². The van der Waals surface area contributed by atoms with Gasteiger partial charge < -0.3 is 20.3 Å². The number of anilines is 2. The SMILES string of the molecule is CCc1ccc(C(C)NC(=O)Nc2ccc(N3CCN(CC(=O)OC)CC3)cc2)cc1. The van der Waals surface area contributed by atoms with Crippen LogP contribution in [0.2, 0.25) is 0 Å². The van der Waals surface area contributed by atoms with Crippen molar-refractivity contribution in [3.8, 4) is 0 Å². The highest BCUT2D eigenvalue weighted by molar-refractivity contribution is 5.89. The van der Waals surface area contributed by atoms with Crippen LogP contribution in [-0.2, 0) is 16.0 Å². The summed E-state index contributed by atoms with van der Waals surface area (Å²) in [6.07, 6.45) is 1.00. The van der Waals surface area contributed by atoms with Crippen molar-refractivity contribution in [2.75, 3.05) is 50.1 Å². The van der Waals surface area contributed by atoms with Crippen molar-refractivity contribution in [2.24, 2.45) is 0 Å². The third-order valence-corrected chi connectivity index (χ3v) is 5.68. The Bertz CT molecular complexity index is 859.